The third-order valence-corrected chi connectivity index (χ3v) is 5.27. The number of carbonyl (C=O) groups excluding carboxylic acids is 2. The summed E-state index contributed by atoms with van der Waals surface area (Å²) in [7, 11) is 1.78. The molecular weight excluding hydrogens is 394 g/mol. The van der Waals surface area contributed by atoms with Gasteiger partial charge in [0.2, 0.25) is 11.7 Å². The van der Waals surface area contributed by atoms with Crippen molar-refractivity contribution in [2.45, 2.75) is 20.3 Å². The van der Waals surface area contributed by atoms with Crippen LogP contribution in [-0.4, -0.2) is 36.4 Å². The Labute approximate surface area is 182 Å². The predicted octanol–water partition coefficient (Wildman–Crippen LogP) is 4.53. The average molecular weight is 420 g/mol. The quantitative estimate of drug-likeness (QED) is 0.419. The standard InChI is InChI=1S/C24H25N3O2S/c1-4-6-12-21(30)23(29)19-11-8-15-27-20(13-14-25-24(19)27)17-9-7-10-18(16-17)26(3)22(28)5-2/h4,6-14,16,30H,5,15H2,1-3H3/b6-4-,21-12-. The molecule has 0 radical (unpaired) electrons. The number of fused-ring (bicyclic) bond motifs is 1. The number of aliphatic imine (C=N–C) groups is 1. The summed E-state index contributed by atoms with van der Waals surface area (Å²) in [6.07, 6.45) is 13.1. The minimum absolute atomic E-state index is 0.0509. The minimum Gasteiger partial charge on any atom is -0.321 e. The van der Waals surface area contributed by atoms with E-state index in [2.05, 4.69) is 17.6 Å². The van der Waals surface area contributed by atoms with E-state index in [1.165, 1.54) is 0 Å². The van der Waals surface area contributed by atoms with Gasteiger partial charge in [-0.3, -0.25) is 9.59 Å². The average Bonchev–Trinajstić information content (AvgIpc) is 2.80. The van der Waals surface area contributed by atoms with Crippen LogP contribution in [0, 0.1) is 0 Å². The summed E-state index contributed by atoms with van der Waals surface area (Å²) in [5, 5.41) is 0. The molecule has 2 heterocycles. The maximum absolute atomic E-state index is 12.9. The second-order valence-corrected chi connectivity index (χ2v) is 7.33. The molecule has 2 aliphatic rings. The van der Waals surface area contributed by atoms with Crippen LogP contribution >= 0.6 is 12.6 Å². The Morgan fingerprint density at radius 2 is 2.13 bits per heavy atom. The lowest BCUT2D eigenvalue weighted by Gasteiger charge is -2.32. The summed E-state index contributed by atoms with van der Waals surface area (Å²) in [5.41, 5.74) is 3.20. The van der Waals surface area contributed by atoms with E-state index in [1.54, 1.807) is 36.4 Å². The minimum atomic E-state index is -0.173. The molecule has 0 bridgehead atoms. The van der Waals surface area contributed by atoms with Crippen LogP contribution in [0.5, 0.6) is 0 Å². The second-order valence-electron chi connectivity index (χ2n) is 6.84. The number of amides is 1. The van der Waals surface area contributed by atoms with Crippen LogP contribution in [0.2, 0.25) is 0 Å². The third kappa shape index (κ3) is 4.39. The van der Waals surface area contributed by atoms with Gasteiger partial charge < -0.3 is 9.80 Å². The van der Waals surface area contributed by atoms with Crippen LogP contribution in [0.25, 0.3) is 5.70 Å². The molecule has 30 heavy (non-hydrogen) atoms. The van der Waals surface area contributed by atoms with Crippen LogP contribution in [0.15, 0.2) is 82.0 Å². The van der Waals surface area contributed by atoms with Gasteiger partial charge in [0.05, 0.1) is 16.2 Å². The van der Waals surface area contributed by atoms with E-state index in [0.717, 1.165) is 16.9 Å². The Morgan fingerprint density at radius 1 is 1.33 bits per heavy atom. The van der Waals surface area contributed by atoms with Gasteiger partial charge in [0.1, 0.15) is 5.82 Å². The van der Waals surface area contributed by atoms with Crippen molar-refractivity contribution in [3.8, 4) is 0 Å². The van der Waals surface area contributed by atoms with Crippen molar-refractivity contribution < 1.29 is 9.59 Å². The molecule has 0 aliphatic carbocycles. The summed E-state index contributed by atoms with van der Waals surface area (Å²) < 4.78 is 0. The van der Waals surface area contributed by atoms with Gasteiger partial charge in [0.15, 0.2) is 0 Å². The predicted molar refractivity (Wildman–Crippen MR) is 126 cm³/mol. The Balaban J connectivity index is 1.97. The lowest BCUT2D eigenvalue weighted by Crippen LogP contribution is -2.29. The third-order valence-electron chi connectivity index (χ3n) is 4.92. The van der Waals surface area contributed by atoms with Crippen LogP contribution in [0.3, 0.4) is 0 Å². The fourth-order valence-electron chi connectivity index (χ4n) is 3.29. The molecule has 0 saturated carbocycles. The molecule has 6 heteroatoms. The van der Waals surface area contributed by atoms with Crippen LogP contribution in [0.1, 0.15) is 25.8 Å². The molecule has 0 spiro atoms. The fraction of sp³-hybridized carbons (Fsp3) is 0.208. The van der Waals surface area contributed by atoms with E-state index < -0.39 is 0 Å². The van der Waals surface area contributed by atoms with Crippen molar-refractivity contribution in [2.24, 2.45) is 4.99 Å². The van der Waals surface area contributed by atoms with Crippen molar-refractivity contribution in [1.29, 1.82) is 0 Å². The van der Waals surface area contributed by atoms with E-state index in [0.29, 0.717) is 29.3 Å². The number of anilines is 1. The first-order valence-electron chi connectivity index (χ1n) is 9.84. The van der Waals surface area contributed by atoms with Crippen LogP contribution < -0.4 is 4.90 Å². The highest BCUT2D eigenvalue weighted by molar-refractivity contribution is 7.85. The number of thiol groups is 1. The second kappa shape index (κ2) is 9.59. The SMILES string of the molecule is C/C=C\C=C(/S)C(=O)C1=C2N=CC=C(c3cccc(N(C)C(=O)CC)c3)N2CC=C1. The molecule has 2 aliphatic heterocycles. The molecule has 0 saturated heterocycles. The van der Waals surface area contributed by atoms with Gasteiger partial charge in [0.25, 0.3) is 0 Å². The number of rotatable bonds is 6. The molecule has 0 unspecified atom stereocenters. The van der Waals surface area contributed by atoms with Gasteiger partial charge in [-0.15, -0.1) is 12.6 Å². The van der Waals surface area contributed by atoms with E-state index in [9.17, 15) is 9.59 Å². The van der Waals surface area contributed by atoms with Gasteiger partial charge in [-0.2, -0.15) is 0 Å². The molecule has 0 fully saturated rings. The number of hydrogen-bond acceptors (Lipinski definition) is 5. The first-order chi connectivity index (χ1) is 14.5. The Kier molecular flexibility index (Phi) is 6.90. The fourth-order valence-corrected chi connectivity index (χ4v) is 3.49. The van der Waals surface area contributed by atoms with E-state index in [1.807, 2.05) is 61.2 Å². The smallest absolute Gasteiger partial charge is 0.226 e. The Hall–Kier alpha value is -3.12. The van der Waals surface area contributed by atoms with Crippen LogP contribution in [0.4, 0.5) is 5.69 Å². The molecule has 0 N–H and O–H groups in total. The highest BCUT2D eigenvalue weighted by atomic mass is 32.1. The highest BCUT2D eigenvalue weighted by Crippen LogP contribution is 2.33. The number of hydrogen-bond donors (Lipinski definition) is 1. The van der Waals surface area contributed by atoms with Crippen molar-refractivity contribution in [1.82, 2.24) is 4.90 Å². The highest BCUT2D eigenvalue weighted by Gasteiger charge is 2.26. The van der Waals surface area contributed by atoms with Crippen molar-refractivity contribution in [2.75, 3.05) is 18.5 Å². The molecule has 1 amide bonds. The van der Waals surface area contributed by atoms with Crippen molar-refractivity contribution in [3.63, 3.8) is 0 Å². The summed E-state index contributed by atoms with van der Waals surface area (Å²) in [6, 6.07) is 7.81. The lowest BCUT2D eigenvalue weighted by atomic mass is 10.0. The van der Waals surface area contributed by atoms with Gasteiger partial charge in [-0.25, -0.2) is 4.99 Å². The molecule has 0 atom stereocenters. The first kappa shape index (κ1) is 21.6. The summed E-state index contributed by atoms with van der Waals surface area (Å²) in [6.45, 7) is 4.33. The number of carbonyl (C=O) groups is 2. The molecular formula is C24H25N3O2S. The maximum atomic E-state index is 12.9. The number of Topliss-reactive ketones (excluding diaryl/α,β-unsaturated/α-hetero) is 1. The summed E-state index contributed by atoms with van der Waals surface area (Å²) in [5.74, 6) is 0.478. The van der Waals surface area contributed by atoms with Gasteiger partial charge in [-0.05, 0) is 37.3 Å². The first-order valence-corrected chi connectivity index (χ1v) is 10.3. The van der Waals surface area contributed by atoms with Gasteiger partial charge in [-0.1, -0.05) is 37.3 Å². The molecule has 1 aromatic carbocycles. The van der Waals surface area contributed by atoms with Gasteiger partial charge >= 0.3 is 0 Å². The Morgan fingerprint density at radius 3 is 2.87 bits per heavy atom. The summed E-state index contributed by atoms with van der Waals surface area (Å²) in [4.78, 5) is 33.5. The number of allylic oxidation sites excluding steroid dienone is 7. The molecule has 0 aromatic heterocycles. The van der Waals surface area contributed by atoms with Crippen LogP contribution in [-0.2, 0) is 9.59 Å². The summed E-state index contributed by atoms with van der Waals surface area (Å²) >= 11 is 4.35. The molecule has 1 aromatic rings. The lowest BCUT2D eigenvalue weighted by molar-refractivity contribution is -0.118. The van der Waals surface area contributed by atoms with E-state index in [-0.39, 0.29) is 11.7 Å². The molecule has 3 rings (SSSR count). The topological polar surface area (TPSA) is 53.0 Å². The van der Waals surface area contributed by atoms with Crippen molar-refractivity contribution in [3.05, 3.63) is 82.6 Å². The van der Waals surface area contributed by atoms with E-state index >= 15 is 0 Å². The molecule has 5 nitrogen and oxygen atoms in total. The number of benzene rings is 1. The Bertz CT molecular complexity index is 1040. The monoisotopic (exact) mass is 419 g/mol. The number of nitrogens with zero attached hydrogens (tertiary/aromatic N) is 3. The normalized spacial score (nSPS) is 16.1. The van der Waals surface area contributed by atoms with E-state index in [4.69, 9.17) is 0 Å². The maximum Gasteiger partial charge on any atom is 0.226 e. The number of ketones is 1. The van der Waals surface area contributed by atoms with Crippen molar-refractivity contribution >= 4 is 41.9 Å². The molecule has 154 valence electrons. The largest absolute Gasteiger partial charge is 0.321 e. The zero-order chi connectivity index (χ0) is 21.7. The zero-order valence-electron chi connectivity index (χ0n) is 17.4. The zero-order valence-corrected chi connectivity index (χ0v) is 18.3. The van der Waals surface area contributed by atoms with Gasteiger partial charge in [0, 0.05) is 37.5 Å².